The van der Waals surface area contributed by atoms with Gasteiger partial charge in [0.2, 0.25) is 0 Å². The molecule has 0 N–H and O–H groups in total. The van der Waals surface area contributed by atoms with Crippen molar-refractivity contribution < 1.29 is 19.1 Å². The summed E-state index contributed by atoms with van der Waals surface area (Å²) >= 11 is 0. The van der Waals surface area contributed by atoms with Crippen LogP contribution in [0.5, 0.6) is 0 Å². The van der Waals surface area contributed by atoms with Crippen LogP contribution in [0, 0.1) is 11.8 Å². The van der Waals surface area contributed by atoms with Gasteiger partial charge in [0.05, 0.1) is 25.0 Å². The molecule has 0 aromatic heterocycles. The average Bonchev–Trinajstić information content (AvgIpc) is 3.02. The summed E-state index contributed by atoms with van der Waals surface area (Å²) in [4.78, 5) is 24.7. The second-order valence-electron chi connectivity index (χ2n) is 7.51. The molecule has 0 fully saturated rings. The molecule has 2 atom stereocenters. The molecule has 0 spiro atoms. The molecule has 2 unspecified atom stereocenters. The molecule has 1 aliphatic rings. The maximum atomic E-state index is 12.4. The second-order valence-corrected chi connectivity index (χ2v) is 7.51. The summed E-state index contributed by atoms with van der Waals surface area (Å²) in [5, 5.41) is 0. The molecule has 0 radical (unpaired) electrons. The van der Waals surface area contributed by atoms with E-state index in [2.05, 4.69) is 13.8 Å². The van der Waals surface area contributed by atoms with Gasteiger partial charge in [0, 0.05) is 0 Å². The maximum absolute atomic E-state index is 12.4. The van der Waals surface area contributed by atoms with Crippen LogP contribution in [0.15, 0.2) is 11.6 Å². The highest BCUT2D eigenvalue weighted by Gasteiger charge is 2.38. The van der Waals surface area contributed by atoms with Gasteiger partial charge >= 0.3 is 11.9 Å². The number of unbranched alkanes of at least 4 members (excludes halogenated alkanes) is 8. The highest BCUT2D eigenvalue weighted by molar-refractivity contribution is 5.85. The van der Waals surface area contributed by atoms with Crippen molar-refractivity contribution in [3.63, 3.8) is 0 Å². The lowest BCUT2D eigenvalue weighted by molar-refractivity contribution is -0.158. The second kappa shape index (κ2) is 13.8. The standard InChI is InChI=1S/C22H38O4/c1-4-6-8-10-12-14-25-21(23)19-16-18(3)17-20(19)22(24)26-15-13-11-9-7-5-2/h16,19-20H,4-15,17H2,1-3H3. The number of rotatable bonds is 14. The number of hydrogen-bond acceptors (Lipinski definition) is 4. The van der Waals surface area contributed by atoms with Crippen LogP contribution in [0.4, 0.5) is 0 Å². The van der Waals surface area contributed by atoms with Gasteiger partial charge in [0.15, 0.2) is 0 Å². The first-order valence-electron chi connectivity index (χ1n) is 10.6. The van der Waals surface area contributed by atoms with E-state index in [1.807, 2.05) is 13.0 Å². The summed E-state index contributed by atoms with van der Waals surface area (Å²) < 4.78 is 10.8. The lowest BCUT2D eigenvalue weighted by atomic mass is 9.95. The number of allylic oxidation sites excluding steroid dienone is 1. The third-order valence-electron chi connectivity index (χ3n) is 5.00. The molecule has 4 heteroatoms. The third-order valence-corrected chi connectivity index (χ3v) is 5.00. The first kappa shape index (κ1) is 22.7. The number of esters is 2. The Morgan fingerprint density at radius 1 is 0.846 bits per heavy atom. The lowest BCUT2D eigenvalue weighted by Gasteiger charge is -2.17. The quantitative estimate of drug-likeness (QED) is 0.228. The first-order valence-corrected chi connectivity index (χ1v) is 10.6. The molecule has 1 aliphatic carbocycles. The van der Waals surface area contributed by atoms with Gasteiger partial charge in [-0.2, -0.15) is 0 Å². The van der Waals surface area contributed by atoms with Crippen LogP contribution in [-0.2, 0) is 19.1 Å². The van der Waals surface area contributed by atoms with Crippen molar-refractivity contribution in [1.29, 1.82) is 0 Å². The molecular formula is C22H38O4. The molecule has 4 nitrogen and oxygen atoms in total. The third kappa shape index (κ3) is 8.86. The Morgan fingerprint density at radius 2 is 1.35 bits per heavy atom. The SMILES string of the molecule is CCCCCCCOC(=O)C1C=C(C)CC1C(=O)OCCCCCCC. The minimum absolute atomic E-state index is 0.251. The number of carbonyl (C=O) groups excluding carboxylic acids is 2. The fourth-order valence-corrected chi connectivity index (χ4v) is 3.39. The van der Waals surface area contributed by atoms with E-state index in [9.17, 15) is 9.59 Å². The van der Waals surface area contributed by atoms with E-state index in [1.165, 1.54) is 38.5 Å². The van der Waals surface area contributed by atoms with Gasteiger partial charge in [0.25, 0.3) is 0 Å². The van der Waals surface area contributed by atoms with Gasteiger partial charge in [-0.25, -0.2) is 0 Å². The van der Waals surface area contributed by atoms with Gasteiger partial charge in [0.1, 0.15) is 0 Å². The highest BCUT2D eigenvalue weighted by atomic mass is 16.5. The molecule has 0 heterocycles. The summed E-state index contributed by atoms with van der Waals surface area (Å²) in [5.41, 5.74) is 1.07. The van der Waals surface area contributed by atoms with Crippen LogP contribution in [0.1, 0.15) is 91.4 Å². The Bertz CT molecular complexity index is 441. The summed E-state index contributed by atoms with van der Waals surface area (Å²) in [6, 6.07) is 0. The molecule has 26 heavy (non-hydrogen) atoms. The number of hydrogen-bond donors (Lipinski definition) is 0. The van der Waals surface area contributed by atoms with Crippen molar-refractivity contribution >= 4 is 11.9 Å². The lowest BCUT2D eigenvalue weighted by Crippen LogP contribution is -2.29. The van der Waals surface area contributed by atoms with E-state index < -0.39 is 11.8 Å². The van der Waals surface area contributed by atoms with Crippen LogP contribution in [0.25, 0.3) is 0 Å². The van der Waals surface area contributed by atoms with E-state index in [1.54, 1.807) is 0 Å². The Kier molecular flexibility index (Phi) is 12.1. The van der Waals surface area contributed by atoms with Crippen molar-refractivity contribution in [3.8, 4) is 0 Å². The maximum Gasteiger partial charge on any atom is 0.313 e. The largest absolute Gasteiger partial charge is 0.465 e. The van der Waals surface area contributed by atoms with Crippen LogP contribution >= 0.6 is 0 Å². The van der Waals surface area contributed by atoms with Gasteiger partial charge in [-0.1, -0.05) is 76.9 Å². The predicted octanol–water partition coefficient (Wildman–Crippen LogP) is 5.60. The van der Waals surface area contributed by atoms with Gasteiger partial charge in [-0.15, -0.1) is 0 Å². The Labute approximate surface area is 159 Å². The van der Waals surface area contributed by atoms with Crippen molar-refractivity contribution in [2.75, 3.05) is 13.2 Å². The van der Waals surface area contributed by atoms with Crippen molar-refractivity contribution in [1.82, 2.24) is 0 Å². The smallest absolute Gasteiger partial charge is 0.313 e. The van der Waals surface area contributed by atoms with Gasteiger partial charge < -0.3 is 9.47 Å². The molecule has 1 rings (SSSR count). The van der Waals surface area contributed by atoms with E-state index >= 15 is 0 Å². The minimum atomic E-state index is -0.474. The predicted molar refractivity (Wildman–Crippen MR) is 105 cm³/mol. The zero-order valence-corrected chi connectivity index (χ0v) is 17.1. The number of ether oxygens (including phenoxy) is 2. The Hall–Kier alpha value is -1.32. The molecular weight excluding hydrogens is 328 g/mol. The van der Waals surface area contributed by atoms with Crippen molar-refractivity contribution in [3.05, 3.63) is 11.6 Å². The van der Waals surface area contributed by atoms with Gasteiger partial charge in [-0.05, 0) is 26.2 Å². The Balaban J connectivity index is 2.31. The van der Waals surface area contributed by atoms with Gasteiger partial charge in [-0.3, -0.25) is 9.59 Å². The molecule has 0 saturated carbocycles. The number of carbonyl (C=O) groups is 2. The van der Waals surface area contributed by atoms with Crippen molar-refractivity contribution in [2.24, 2.45) is 11.8 Å². The average molecular weight is 367 g/mol. The zero-order valence-electron chi connectivity index (χ0n) is 17.1. The summed E-state index contributed by atoms with van der Waals surface area (Å²) in [5.74, 6) is -1.41. The summed E-state index contributed by atoms with van der Waals surface area (Å²) in [6.45, 7) is 7.23. The van der Waals surface area contributed by atoms with E-state index in [-0.39, 0.29) is 11.9 Å². The molecule has 0 aromatic rings. The fourth-order valence-electron chi connectivity index (χ4n) is 3.39. The topological polar surface area (TPSA) is 52.6 Å². The van der Waals surface area contributed by atoms with E-state index in [0.717, 1.165) is 31.3 Å². The van der Waals surface area contributed by atoms with Crippen LogP contribution in [-0.4, -0.2) is 25.2 Å². The highest BCUT2D eigenvalue weighted by Crippen LogP contribution is 2.32. The Morgan fingerprint density at radius 3 is 1.88 bits per heavy atom. The molecule has 0 amide bonds. The molecule has 0 bridgehead atoms. The fraction of sp³-hybridized carbons (Fsp3) is 0.818. The van der Waals surface area contributed by atoms with Crippen LogP contribution in [0.3, 0.4) is 0 Å². The monoisotopic (exact) mass is 366 g/mol. The normalized spacial score (nSPS) is 19.3. The van der Waals surface area contributed by atoms with E-state index in [4.69, 9.17) is 9.47 Å². The molecule has 0 aliphatic heterocycles. The first-order chi connectivity index (χ1) is 12.6. The van der Waals surface area contributed by atoms with Crippen molar-refractivity contribution in [2.45, 2.75) is 91.4 Å². The molecule has 0 aromatic carbocycles. The molecule has 0 saturated heterocycles. The van der Waals surface area contributed by atoms with Crippen LogP contribution in [0.2, 0.25) is 0 Å². The summed E-state index contributed by atoms with van der Waals surface area (Å²) in [7, 11) is 0. The van der Waals surface area contributed by atoms with E-state index in [0.29, 0.717) is 19.6 Å². The summed E-state index contributed by atoms with van der Waals surface area (Å²) in [6.07, 6.45) is 13.7. The minimum Gasteiger partial charge on any atom is -0.465 e. The van der Waals surface area contributed by atoms with Crippen LogP contribution < -0.4 is 0 Å². The molecule has 150 valence electrons. The zero-order chi connectivity index (χ0) is 19.2.